The largest absolute Gasteiger partial charge is 0.370 e. The van der Waals surface area contributed by atoms with Crippen molar-refractivity contribution < 1.29 is 0 Å². The molecule has 4 heterocycles. The molecule has 0 bridgehead atoms. The maximum absolute atomic E-state index is 6.88. The first-order valence-electron chi connectivity index (χ1n) is 11.6. The highest BCUT2D eigenvalue weighted by Gasteiger charge is 2.41. The van der Waals surface area contributed by atoms with Crippen molar-refractivity contribution in [1.82, 2.24) is 15.3 Å². The monoisotopic (exact) mass is 479 g/mol. The minimum absolute atomic E-state index is 0.0574. The molecule has 172 valence electrons. The van der Waals surface area contributed by atoms with Gasteiger partial charge in [-0.1, -0.05) is 31.5 Å². The molecule has 0 amide bonds. The number of piperidine rings is 1. The molecule has 1 aromatic carbocycles. The van der Waals surface area contributed by atoms with E-state index in [1.54, 1.807) is 0 Å². The molecule has 2 aromatic heterocycles. The van der Waals surface area contributed by atoms with E-state index < -0.39 is 0 Å². The van der Waals surface area contributed by atoms with E-state index >= 15 is 0 Å². The third-order valence-corrected chi connectivity index (χ3v) is 7.31. The average molecular weight is 480 g/mol. The summed E-state index contributed by atoms with van der Waals surface area (Å²) in [6, 6.07) is 16.4. The quantitative estimate of drug-likeness (QED) is 0.447. The first kappa shape index (κ1) is 22.2. The number of aromatic nitrogens is 2. The number of nitrogens with zero attached hydrogens (tertiary/aromatic N) is 3. The summed E-state index contributed by atoms with van der Waals surface area (Å²) in [5.41, 5.74) is 5.25. The Labute approximate surface area is 206 Å². The van der Waals surface area contributed by atoms with Crippen molar-refractivity contribution in [3.8, 4) is 0 Å². The Kier molecular flexibility index (Phi) is 6.06. The molecule has 0 unspecified atom stereocenters. The van der Waals surface area contributed by atoms with Crippen LogP contribution in [0.2, 0.25) is 5.02 Å². The van der Waals surface area contributed by atoms with Gasteiger partial charge >= 0.3 is 0 Å². The number of halogens is 1. The van der Waals surface area contributed by atoms with Crippen molar-refractivity contribution in [2.75, 3.05) is 22.9 Å². The lowest BCUT2D eigenvalue weighted by Gasteiger charge is -2.37. The van der Waals surface area contributed by atoms with E-state index in [2.05, 4.69) is 76.2 Å². The lowest BCUT2D eigenvalue weighted by molar-refractivity contribution is 0.357. The standard InChI is InChI=1S/C26H30ClN5S/c1-16-12-17(2)15-31(14-16)23-10-8-19(13-20(23)27)32-25(22-9-7-18(3)29-22)24(30-26(32)33)21-6-4-5-11-28-21/h4-11,13,16-17,24-25,29H,12,14-15H2,1-3H3,(H,30,33)/t16-,17+,24-,25-/m1/s1. The summed E-state index contributed by atoms with van der Waals surface area (Å²) in [7, 11) is 0. The normalized spacial score (nSPS) is 25.4. The first-order valence-corrected chi connectivity index (χ1v) is 12.4. The number of rotatable bonds is 4. The number of thiocarbonyl (C=S) groups is 1. The van der Waals surface area contributed by atoms with Gasteiger partial charge < -0.3 is 20.1 Å². The molecule has 33 heavy (non-hydrogen) atoms. The summed E-state index contributed by atoms with van der Waals surface area (Å²) in [5, 5.41) is 4.94. The van der Waals surface area contributed by atoms with Crippen LogP contribution in [-0.4, -0.2) is 28.2 Å². The van der Waals surface area contributed by atoms with Gasteiger partial charge in [-0.25, -0.2) is 0 Å². The lowest BCUT2D eigenvalue weighted by Crippen LogP contribution is -2.38. The van der Waals surface area contributed by atoms with E-state index in [1.165, 1.54) is 6.42 Å². The summed E-state index contributed by atoms with van der Waals surface area (Å²) in [6.45, 7) is 8.79. The number of hydrogen-bond acceptors (Lipinski definition) is 3. The van der Waals surface area contributed by atoms with Gasteiger partial charge in [-0.05, 0) is 79.9 Å². The zero-order chi connectivity index (χ0) is 23.1. The predicted octanol–water partition coefficient (Wildman–Crippen LogP) is 6.03. The highest BCUT2D eigenvalue weighted by Crippen LogP contribution is 2.43. The SMILES string of the molecule is Cc1ccc([C@@H]2[C@@H](c3ccccn3)NC(=S)N2c2ccc(N3C[C@H](C)C[C@H](C)C3)c(Cl)c2)[nH]1. The number of anilines is 2. The molecule has 5 rings (SSSR count). The third-order valence-electron chi connectivity index (χ3n) is 6.69. The predicted molar refractivity (Wildman–Crippen MR) is 140 cm³/mol. The van der Waals surface area contributed by atoms with Crippen LogP contribution < -0.4 is 15.1 Å². The lowest BCUT2D eigenvalue weighted by atomic mass is 9.91. The van der Waals surface area contributed by atoms with Crippen LogP contribution in [0.5, 0.6) is 0 Å². The van der Waals surface area contributed by atoms with Crippen molar-refractivity contribution in [3.05, 3.63) is 76.8 Å². The van der Waals surface area contributed by atoms with Crippen molar-refractivity contribution in [1.29, 1.82) is 0 Å². The van der Waals surface area contributed by atoms with E-state index in [4.69, 9.17) is 23.8 Å². The zero-order valence-corrected chi connectivity index (χ0v) is 20.8. The molecule has 3 aromatic rings. The van der Waals surface area contributed by atoms with Gasteiger partial charge in [-0.15, -0.1) is 0 Å². The zero-order valence-electron chi connectivity index (χ0n) is 19.3. The summed E-state index contributed by atoms with van der Waals surface area (Å²) in [6.07, 6.45) is 3.10. The summed E-state index contributed by atoms with van der Waals surface area (Å²) in [5.74, 6) is 1.33. The van der Waals surface area contributed by atoms with Crippen molar-refractivity contribution in [2.24, 2.45) is 11.8 Å². The second-order valence-electron chi connectivity index (χ2n) is 9.58. The molecule has 2 saturated heterocycles. The van der Waals surface area contributed by atoms with Crippen molar-refractivity contribution >= 4 is 40.3 Å². The molecular weight excluding hydrogens is 450 g/mol. The van der Waals surface area contributed by atoms with E-state index in [0.717, 1.165) is 46.6 Å². The molecule has 4 atom stereocenters. The Balaban J connectivity index is 1.51. The van der Waals surface area contributed by atoms with Gasteiger partial charge in [0, 0.05) is 36.4 Å². The molecule has 0 saturated carbocycles. The number of nitrogens with one attached hydrogen (secondary N) is 2. The smallest absolute Gasteiger partial charge is 0.174 e. The van der Waals surface area contributed by atoms with Crippen LogP contribution in [0.1, 0.15) is 49.4 Å². The third kappa shape index (κ3) is 4.34. The van der Waals surface area contributed by atoms with Crippen LogP contribution >= 0.6 is 23.8 Å². The van der Waals surface area contributed by atoms with E-state index in [-0.39, 0.29) is 12.1 Å². The fraction of sp³-hybridized carbons (Fsp3) is 0.385. The van der Waals surface area contributed by atoms with Crippen molar-refractivity contribution in [3.63, 3.8) is 0 Å². The number of pyridine rings is 1. The molecule has 2 aliphatic heterocycles. The maximum Gasteiger partial charge on any atom is 0.174 e. The van der Waals surface area contributed by atoms with Crippen LogP contribution in [-0.2, 0) is 0 Å². The number of H-pyrrole nitrogens is 1. The molecule has 0 radical (unpaired) electrons. The molecule has 0 spiro atoms. The number of benzene rings is 1. The molecule has 5 nitrogen and oxygen atoms in total. The Morgan fingerprint density at radius 1 is 1.06 bits per heavy atom. The summed E-state index contributed by atoms with van der Waals surface area (Å²) in [4.78, 5) is 12.7. The number of aromatic amines is 1. The van der Waals surface area contributed by atoms with Gasteiger partial charge in [-0.2, -0.15) is 0 Å². The minimum Gasteiger partial charge on any atom is -0.370 e. The Morgan fingerprint density at radius 3 is 2.48 bits per heavy atom. The topological polar surface area (TPSA) is 47.2 Å². The van der Waals surface area contributed by atoms with Crippen LogP contribution in [0, 0.1) is 18.8 Å². The van der Waals surface area contributed by atoms with Gasteiger partial charge in [0.2, 0.25) is 0 Å². The Bertz CT molecular complexity index is 1140. The number of hydrogen-bond donors (Lipinski definition) is 2. The van der Waals surface area contributed by atoms with Gasteiger partial charge in [0.1, 0.15) is 6.04 Å². The average Bonchev–Trinajstić information content (AvgIpc) is 3.36. The number of aryl methyl sites for hydroxylation is 1. The van der Waals surface area contributed by atoms with E-state index in [1.807, 2.05) is 24.4 Å². The fourth-order valence-electron chi connectivity index (χ4n) is 5.41. The second kappa shape index (κ2) is 8.99. The first-order chi connectivity index (χ1) is 15.9. The minimum atomic E-state index is -0.0704. The molecule has 2 N–H and O–H groups in total. The maximum atomic E-state index is 6.88. The van der Waals surface area contributed by atoms with Gasteiger partial charge in [-0.3, -0.25) is 4.98 Å². The summed E-state index contributed by atoms with van der Waals surface area (Å²) < 4.78 is 0. The Morgan fingerprint density at radius 2 is 1.85 bits per heavy atom. The van der Waals surface area contributed by atoms with Crippen LogP contribution in [0.15, 0.2) is 54.7 Å². The van der Waals surface area contributed by atoms with Crippen molar-refractivity contribution in [2.45, 2.75) is 39.3 Å². The van der Waals surface area contributed by atoms with Gasteiger partial charge in [0.25, 0.3) is 0 Å². The van der Waals surface area contributed by atoms with Gasteiger partial charge in [0.15, 0.2) is 5.11 Å². The molecule has 7 heteroatoms. The van der Waals surface area contributed by atoms with Crippen LogP contribution in [0.4, 0.5) is 11.4 Å². The fourth-order valence-corrected chi connectivity index (χ4v) is 6.05. The van der Waals surface area contributed by atoms with Crippen LogP contribution in [0.3, 0.4) is 0 Å². The highest BCUT2D eigenvalue weighted by atomic mass is 35.5. The molecule has 2 aliphatic rings. The van der Waals surface area contributed by atoms with E-state index in [9.17, 15) is 0 Å². The molecule has 2 fully saturated rings. The molecular formula is C26H30ClN5S. The van der Waals surface area contributed by atoms with Gasteiger partial charge in [0.05, 0.1) is 22.4 Å². The van der Waals surface area contributed by atoms with E-state index in [0.29, 0.717) is 16.9 Å². The summed E-state index contributed by atoms with van der Waals surface area (Å²) >= 11 is 12.7. The Hall–Kier alpha value is -2.57. The van der Waals surface area contributed by atoms with Crippen LogP contribution in [0.25, 0.3) is 0 Å². The highest BCUT2D eigenvalue weighted by molar-refractivity contribution is 7.80. The second-order valence-corrected chi connectivity index (χ2v) is 10.4. The molecule has 0 aliphatic carbocycles.